The van der Waals surface area contributed by atoms with Crippen molar-refractivity contribution in [2.75, 3.05) is 5.32 Å². The lowest BCUT2D eigenvalue weighted by atomic mass is 10.2. The molecule has 0 aliphatic carbocycles. The molecule has 4 nitrogen and oxygen atoms in total. The highest BCUT2D eigenvalue weighted by Crippen LogP contribution is 2.19. The van der Waals surface area contributed by atoms with Crippen molar-refractivity contribution in [1.82, 2.24) is 9.78 Å². The summed E-state index contributed by atoms with van der Waals surface area (Å²) in [7, 11) is 0. The molecule has 1 N–H and O–H groups in total. The van der Waals surface area contributed by atoms with E-state index < -0.39 is 0 Å². The molecule has 0 spiro atoms. The van der Waals surface area contributed by atoms with E-state index in [9.17, 15) is 9.18 Å². The standard InChI is InChI=1S/C16H20FN3O/c1-10(20-13(4)11(2)12(3)19-20)9-16(21)18-15-7-5-14(17)6-8-15/h5-8,10H,9H2,1-4H3,(H,18,21)/t10-/m1/s1. The van der Waals surface area contributed by atoms with Crippen molar-refractivity contribution >= 4 is 11.6 Å². The fourth-order valence-corrected chi connectivity index (χ4v) is 2.27. The van der Waals surface area contributed by atoms with Crippen LogP contribution in [0.3, 0.4) is 0 Å². The van der Waals surface area contributed by atoms with Crippen LogP contribution in [-0.4, -0.2) is 15.7 Å². The molecule has 2 rings (SSSR count). The molecular weight excluding hydrogens is 269 g/mol. The maximum absolute atomic E-state index is 12.8. The van der Waals surface area contributed by atoms with Crippen molar-refractivity contribution in [2.45, 2.75) is 40.2 Å². The van der Waals surface area contributed by atoms with Gasteiger partial charge in [-0.1, -0.05) is 0 Å². The molecule has 1 aromatic carbocycles. The number of nitrogens with one attached hydrogen (secondary N) is 1. The fourth-order valence-electron chi connectivity index (χ4n) is 2.27. The molecule has 2 aromatic rings. The van der Waals surface area contributed by atoms with Crippen LogP contribution >= 0.6 is 0 Å². The molecule has 21 heavy (non-hydrogen) atoms. The summed E-state index contributed by atoms with van der Waals surface area (Å²) >= 11 is 0. The molecule has 5 heteroatoms. The van der Waals surface area contributed by atoms with Gasteiger partial charge in [-0.25, -0.2) is 4.39 Å². The highest BCUT2D eigenvalue weighted by Gasteiger charge is 2.16. The van der Waals surface area contributed by atoms with Gasteiger partial charge in [-0.05, 0) is 57.5 Å². The second kappa shape index (κ2) is 6.08. The minimum Gasteiger partial charge on any atom is -0.326 e. The third kappa shape index (κ3) is 3.48. The van der Waals surface area contributed by atoms with Crippen molar-refractivity contribution in [3.63, 3.8) is 0 Å². The Morgan fingerprint density at radius 1 is 1.29 bits per heavy atom. The van der Waals surface area contributed by atoms with Gasteiger partial charge in [0.25, 0.3) is 0 Å². The van der Waals surface area contributed by atoms with E-state index in [0.29, 0.717) is 12.1 Å². The average molecular weight is 289 g/mol. The summed E-state index contributed by atoms with van der Waals surface area (Å²) in [6.07, 6.45) is 0.318. The highest BCUT2D eigenvalue weighted by molar-refractivity contribution is 5.90. The number of rotatable bonds is 4. The van der Waals surface area contributed by atoms with Crippen LogP contribution in [0.5, 0.6) is 0 Å². The molecule has 0 saturated heterocycles. The quantitative estimate of drug-likeness (QED) is 0.935. The average Bonchev–Trinajstić information content (AvgIpc) is 2.69. The van der Waals surface area contributed by atoms with Crippen LogP contribution in [0.25, 0.3) is 0 Å². The lowest BCUT2D eigenvalue weighted by molar-refractivity contribution is -0.116. The van der Waals surface area contributed by atoms with E-state index in [1.54, 1.807) is 12.1 Å². The van der Waals surface area contributed by atoms with Crippen LogP contribution < -0.4 is 5.32 Å². The topological polar surface area (TPSA) is 46.9 Å². The van der Waals surface area contributed by atoms with Crippen LogP contribution in [0.1, 0.15) is 36.3 Å². The molecule has 0 bridgehead atoms. The molecule has 112 valence electrons. The van der Waals surface area contributed by atoms with Gasteiger partial charge in [-0.2, -0.15) is 5.10 Å². The molecule has 0 radical (unpaired) electrons. The highest BCUT2D eigenvalue weighted by atomic mass is 19.1. The van der Waals surface area contributed by atoms with Crippen LogP contribution in [-0.2, 0) is 4.79 Å². The van der Waals surface area contributed by atoms with Gasteiger partial charge >= 0.3 is 0 Å². The maximum atomic E-state index is 12.8. The number of aromatic nitrogens is 2. The number of nitrogens with zero attached hydrogens (tertiary/aromatic N) is 2. The van der Waals surface area contributed by atoms with E-state index in [1.165, 1.54) is 12.1 Å². The summed E-state index contributed by atoms with van der Waals surface area (Å²) in [5.74, 6) is -0.432. The first kappa shape index (κ1) is 15.2. The van der Waals surface area contributed by atoms with E-state index in [-0.39, 0.29) is 17.8 Å². The number of benzene rings is 1. The summed E-state index contributed by atoms with van der Waals surface area (Å²) in [5, 5.41) is 7.23. The monoisotopic (exact) mass is 289 g/mol. The van der Waals surface area contributed by atoms with Crippen molar-refractivity contribution in [2.24, 2.45) is 0 Å². The van der Waals surface area contributed by atoms with E-state index in [0.717, 1.165) is 17.0 Å². The molecule has 1 atom stereocenters. The van der Waals surface area contributed by atoms with Crippen LogP contribution in [0.15, 0.2) is 24.3 Å². The minimum absolute atomic E-state index is 0.0298. The van der Waals surface area contributed by atoms with Crippen molar-refractivity contribution in [3.8, 4) is 0 Å². The Hall–Kier alpha value is -2.17. The van der Waals surface area contributed by atoms with Gasteiger partial charge in [-0.3, -0.25) is 9.48 Å². The normalized spacial score (nSPS) is 12.2. The van der Waals surface area contributed by atoms with Crippen LogP contribution in [0, 0.1) is 26.6 Å². The zero-order chi connectivity index (χ0) is 15.6. The minimum atomic E-state index is -0.320. The number of aryl methyl sites for hydroxylation is 1. The maximum Gasteiger partial charge on any atom is 0.226 e. The van der Waals surface area contributed by atoms with Crippen molar-refractivity contribution in [1.29, 1.82) is 0 Å². The number of anilines is 1. The lowest BCUT2D eigenvalue weighted by Crippen LogP contribution is -2.19. The first-order chi connectivity index (χ1) is 9.88. The number of halogens is 1. The van der Waals surface area contributed by atoms with Gasteiger partial charge in [-0.15, -0.1) is 0 Å². The van der Waals surface area contributed by atoms with E-state index >= 15 is 0 Å². The summed E-state index contributed by atoms with van der Waals surface area (Å²) in [6, 6.07) is 5.71. The van der Waals surface area contributed by atoms with Crippen molar-refractivity contribution in [3.05, 3.63) is 47.0 Å². The molecule has 0 aliphatic heterocycles. The zero-order valence-electron chi connectivity index (χ0n) is 12.8. The predicted molar refractivity (Wildman–Crippen MR) is 80.8 cm³/mol. The summed E-state index contributed by atoms with van der Waals surface area (Å²) in [4.78, 5) is 12.0. The summed E-state index contributed by atoms with van der Waals surface area (Å²) < 4.78 is 14.7. The number of hydrogen-bond acceptors (Lipinski definition) is 2. The molecule has 1 amide bonds. The number of hydrogen-bond donors (Lipinski definition) is 1. The molecule has 0 unspecified atom stereocenters. The fraction of sp³-hybridized carbons (Fsp3) is 0.375. The van der Waals surface area contributed by atoms with Crippen molar-refractivity contribution < 1.29 is 9.18 Å². The molecule has 0 fully saturated rings. The largest absolute Gasteiger partial charge is 0.326 e. The smallest absolute Gasteiger partial charge is 0.226 e. The molecule has 0 saturated carbocycles. The van der Waals surface area contributed by atoms with Gasteiger partial charge < -0.3 is 5.32 Å². The first-order valence-corrected chi connectivity index (χ1v) is 6.96. The summed E-state index contributed by atoms with van der Waals surface area (Å²) in [5.41, 5.74) is 3.81. The first-order valence-electron chi connectivity index (χ1n) is 6.96. The third-order valence-corrected chi connectivity index (χ3v) is 3.71. The second-order valence-electron chi connectivity index (χ2n) is 5.35. The summed E-state index contributed by atoms with van der Waals surface area (Å²) in [6.45, 7) is 7.95. The number of amides is 1. The Morgan fingerprint density at radius 3 is 2.43 bits per heavy atom. The van der Waals surface area contributed by atoms with Crippen LogP contribution in [0.4, 0.5) is 10.1 Å². The predicted octanol–water partition coefficient (Wildman–Crippen LogP) is 3.54. The van der Waals surface area contributed by atoms with Gasteiger partial charge in [0.1, 0.15) is 5.82 Å². The Bertz CT molecular complexity index is 646. The molecule has 0 aliphatic rings. The van der Waals surface area contributed by atoms with Gasteiger partial charge in [0.05, 0.1) is 11.7 Å². The lowest BCUT2D eigenvalue weighted by Gasteiger charge is -2.14. The zero-order valence-corrected chi connectivity index (χ0v) is 12.8. The number of carbonyl (C=O) groups is 1. The molecule has 1 heterocycles. The Labute approximate surface area is 124 Å². The Balaban J connectivity index is 2.01. The SMILES string of the molecule is Cc1nn([C@H](C)CC(=O)Nc2ccc(F)cc2)c(C)c1C. The van der Waals surface area contributed by atoms with Crippen LogP contribution in [0.2, 0.25) is 0 Å². The third-order valence-electron chi connectivity index (χ3n) is 3.71. The Morgan fingerprint density at radius 2 is 1.90 bits per heavy atom. The van der Waals surface area contributed by atoms with E-state index in [1.807, 2.05) is 32.4 Å². The molecular formula is C16H20FN3O. The number of carbonyl (C=O) groups excluding carboxylic acids is 1. The molecule has 1 aromatic heterocycles. The van der Waals surface area contributed by atoms with Gasteiger partial charge in [0.2, 0.25) is 5.91 Å². The second-order valence-corrected chi connectivity index (χ2v) is 5.35. The Kier molecular flexibility index (Phi) is 4.40. The van der Waals surface area contributed by atoms with Gasteiger partial charge in [0.15, 0.2) is 0 Å². The van der Waals surface area contributed by atoms with E-state index in [2.05, 4.69) is 10.4 Å². The van der Waals surface area contributed by atoms with E-state index in [4.69, 9.17) is 0 Å². The van der Waals surface area contributed by atoms with Gasteiger partial charge in [0, 0.05) is 17.8 Å².